The molecule has 0 atom stereocenters. The molecule has 0 spiro atoms. The molecule has 0 radical (unpaired) electrons. The number of benzene rings is 2. The largest absolute Gasteiger partial charge is 0.455 e. The Morgan fingerprint density at radius 1 is 0.905 bits per heavy atom. The summed E-state index contributed by atoms with van der Waals surface area (Å²) < 4.78 is 5.99. The van der Waals surface area contributed by atoms with Gasteiger partial charge in [0.05, 0.1) is 6.20 Å². The molecule has 0 saturated carbocycles. The molecule has 3 aromatic rings. The summed E-state index contributed by atoms with van der Waals surface area (Å²) >= 11 is 5.83. The van der Waals surface area contributed by atoms with Gasteiger partial charge in [-0.05, 0) is 23.3 Å². The van der Waals surface area contributed by atoms with E-state index >= 15 is 0 Å². The lowest BCUT2D eigenvalue weighted by molar-refractivity contribution is 0.481. The van der Waals surface area contributed by atoms with Crippen LogP contribution in [0.25, 0.3) is 11.1 Å². The number of aromatic nitrogens is 1. The third-order valence-corrected chi connectivity index (χ3v) is 3.43. The van der Waals surface area contributed by atoms with E-state index in [4.69, 9.17) is 16.3 Å². The number of nitrogens with zero attached hydrogens (tertiary/aromatic N) is 1. The summed E-state index contributed by atoms with van der Waals surface area (Å²) in [6.07, 6.45) is 3.43. The van der Waals surface area contributed by atoms with Crippen LogP contribution in [0.4, 0.5) is 0 Å². The van der Waals surface area contributed by atoms with Crippen molar-refractivity contribution in [2.75, 3.05) is 0 Å². The van der Waals surface area contributed by atoms with E-state index in [2.05, 4.69) is 17.1 Å². The minimum Gasteiger partial charge on any atom is -0.455 e. The molecular weight excluding hydrogens is 282 g/mol. The summed E-state index contributed by atoms with van der Waals surface area (Å²) in [6, 6.07) is 20.0. The smallest absolute Gasteiger partial charge is 0.146 e. The number of hydrogen-bond donors (Lipinski definition) is 0. The van der Waals surface area contributed by atoms with E-state index in [1.807, 2.05) is 48.5 Å². The maximum Gasteiger partial charge on any atom is 0.146 e. The zero-order valence-electron chi connectivity index (χ0n) is 11.4. The summed E-state index contributed by atoms with van der Waals surface area (Å²) in [4.78, 5) is 4.14. The maximum atomic E-state index is 5.99. The lowest BCUT2D eigenvalue weighted by atomic mass is 10.1. The minimum absolute atomic E-state index is 0.421. The second-order valence-electron chi connectivity index (χ2n) is 4.63. The minimum atomic E-state index is 0.421. The van der Waals surface area contributed by atoms with Crippen molar-refractivity contribution in [2.24, 2.45) is 0 Å². The molecule has 0 saturated heterocycles. The van der Waals surface area contributed by atoms with Gasteiger partial charge in [0, 0.05) is 17.6 Å². The van der Waals surface area contributed by atoms with Crippen molar-refractivity contribution in [1.29, 1.82) is 0 Å². The fourth-order valence-electron chi connectivity index (χ4n) is 2.13. The molecule has 104 valence electrons. The summed E-state index contributed by atoms with van der Waals surface area (Å²) in [5.74, 6) is 1.92. The molecule has 0 unspecified atom stereocenters. The maximum absolute atomic E-state index is 5.99. The van der Waals surface area contributed by atoms with Crippen LogP contribution < -0.4 is 4.74 Å². The molecule has 0 N–H and O–H groups in total. The molecule has 0 amide bonds. The van der Waals surface area contributed by atoms with E-state index in [9.17, 15) is 0 Å². The quantitative estimate of drug-likeness (QED) is 0.611. The second-order valence-corrected chi connectivity index (χ2v) is 4.89. The normalized spacial score (nSPS) is 10.3. The van der Waals surface area contributed by atoms with Gasteiger partial charge in [0.25, 0.3) is 0 Å². The van der Waals surface area contributed by atoms with E-state index in [-0.39, 0.29) is 0 Å². The number of ether oxygens (including phenoxy) is 1. The Labute approximate surface area is 129 Å². The molecule has 2 nitrogen and oxygen atoms in total. The first-order valence-electron chi connectivity index (χ1n) is 6.69. The number of pyridine rings is 1. The number of rotatable bonds is 4. The molecule has 0 fully saturated rings. The highest BCUT2D eigenvalue weighted by Gasteiger charge is 2.07. The van der Waals surface area contributed by atoms with Gasteiger partial charge in [-0.2, -0.15) is 0 Å². The summed E-state index contributed by atoms with van der Waals surface area (Å²) in [6.45, 7) is 0. The Kier molecular flexibility index (Phi) is 4.17. The van der Waals surface area contributed by atoms with E-state index in [1.54, 1.807) is 12.4 Å². The molecular formula is C18H14ClNO. The van der Waals surface area contributed by atoms with Gasteiger partial charge in [-0.1, -0.05) is 48.5 Å². The van der Waals surface area contributed by atoms with Gasteiger partial charge < -0.3 is 4.74 Å². The van der Waals surface area contributed by atoms with Crippen LogP contribution in [-0.4, -0.2) is 4.98 Å². The second kappa shape index (κ2) is 6.42. The van der Waals surface area contributed by atoms with Gasteiger partial charge in [-0.3, -0.25) is 4.98 Å². The van der Waals surface area contributed by atoms with E-state index in [0.29, 0.717) is 11.6 Å². The Balaban J connectivity index is 1.96. The Hall–Kier alpha value is -2.32. The molecule has 0 aliphatic rings. The first-order valence-corrected chi connectivity index (χ1v) is 7.22. The Bertz CT molecular complexity index is 728. The standard InChI is InChI=1S/C18H14ClNO/c19-11-14-10-16(13-20-12-14)21-18-9-5-4-8-17(18)15-6-2-1-3-7-15/h1-10,12-13H,11H2. The third-order valence-electron chi connectivity index (χ3n) is 3.12. The molecule has 1 aromatic heterocycles. The first kappa shape index (κ1) is 13.7. The fourth-order valence-corrected chi connectivity index (χ4v) is 2.28. The number of hydrogen-bond acceptors (Lipinski definition) is 2. The van der Waals surface area contributed by atoms with Gasteiger partial charge in [0.1, 0.15) is 11.5 Å². The highest BCUT2D eigenvalue weighted by atomic mass is 35.5. The highest BCUT2D eigenvalue weighted by molar-refractivity contribution is 6.17. The zero-order chi connectivity index (χ0) is 14.5. The lowest BCUT2D eigenvalue weighted by Crippen LogP contribution is -1.90. The summed E-state index contributed by atoms with van der Waals surface area (Å²) in [5.41, 5.74) is 3.11. The molecule has 0 aliphatic carbocycles. The van der Waals surface area contributed by atoms with Crippen LogP contribution >= 0.6 is 11.6 Å². The van der Waals surface area contributed by atoms with Crippen molar-refractivity contribution in [3.8, 4) is 22.6 Å². The zero-order valence-corrected chi connectivity index (χ0v) is 12.1. The number of alkyl halides is 1. The van der Waals surface area contributed by atoms with Gasteiger partial charge in [0.2, 0.25) is 0 Å². The van der Waals surface area contributed by atoms with E-state index in [0.717, 1.165) is 22.4 Å². The van der Waals surface area contributed by atoms with Crippen LogP contribution in [0, 0.1) is 0 Å². The molecule has 3 rings (SSSR count). The number of para-hydroxylation sites is 1. The van der Waals surface area contributed by atoms with Crippen LogP contribution in [0.5, 0.6) is 11.5 Å². The van der Waals surface area contributed by atoms with Crippen LogP contribution in [-0.2, 0) is 5.88 Å². The van der Waals surface area contributed by atoms with Crippen LogP contribution in [0.2, 0.25) is 0 Å². The average molecular weight is 296 g/mol. The molecule has 0 aliphatic heterocycles. The van der Waals surface area contributed by atoms with Crippen molar-refractivity contribution < 1.29 is 4.74 Å². The van der Waals surface area contributed by atoms with E-state index in [1.165, 1.54) is 0 Å². The Morgan fingerprint density at radius 3 is 2.48 bits per heavy atom. The summed E-state index contributed by atoms with van der Waals surface area (Å²) in [5, 5.41) is 0. The average Bonchev–Trinajstić information content (AvgIpc) is 2.56. The topological polar surface area (TPSA) is 22.1 Å². The van der Waals surface area contributed by atoms with Gasteiger partial charge in [-0.25, -0.2) is 0 Å². The molecule has 21 heavy (non-hydrogen) atoms. The van der Waals surface area contributed by atoms with E-state index < -0.39 is 0 Å². The first-order chi connectivity index (χ1) is 10.4. The molecule has 2 aromatic carbocycles. The van der Waals surface area contributed by atoms with Crippen molar-refractivity contribution in [3.05, 3.63) is 78.6 Å². The fraction of sp³-hybridized carbons (Fsp3) is 0.0556. The van der Waals surface area contributed by atoms with Gasteiger partial charge in [0.15, 0.2) is 0 Å². The SMILES string of the molecule is ClCc1cncc(Oc2ccccc2-c2ccccc2)c1. The van der Waals surface area contributed by atoms with Crippen LogP contribution in [0.1, 0.15) is 5.56 Å². The predicted octanol–water partition coefficient (Wildman–Crippen LogP) is 5.28. The van der Waals surface area contributed by atoms with Crippen LogP contribution in [0.15, 0.2) is 73.1 Å². The van der Waals surface area contributed by atoms with Crippen molar-refractivity contribution in [3.63, 3.8) is 0 Å². The third kappa shape index (κ3) is 3.23. The van der Waals surface area contributed by atoms with Crippen molar-refractivity contribution >= 4 is 11.6 Å². The monoisotopic (exact) mass is 295 g/mol. The van der Waals surface area contributed by atoms with Crippen molar-refractivity contribution in [1.82, 2.24) is 4.98 Å². The Morgan fingerprint density at radius 2 is 1.67 bits per heavy atom. The van der Waals surface area contributed by atoms with Crippen LogP contribution in [0.3, 0.4) is 0 Å². The predicted molar refractivity (Wildman–Crippen MR) is 85.7 cm³/mol. The molecule has 1 heterocycles. The van der Waals surface area contributed by atoms with Gasteiger partial charge >= 0.3 is 0 Å². The molecule has 0 bridgehead atoms. The molecule has 3 heteroatoms. The van der Waals surface area contributed by atoms with Crippen molar-refractivity contribution in [2.45, 2.75) is 5.88 Å². The summed E-state index contributed by atoms with van der Waals surface area (Å²) in [7, 11) is 0. The number of halogens is 1. The lowest BCUT2D eigenvalue weighted by Gasteiger charge is -2.11. The van der Waals surface area contributed by atoms with Gasteiger partial charge in [-0.15, -0.1) is 11.6 Å². The highest BCUT2D eigenvalue weighted by Crippen LogP contribution is 2.33.